The second kappa shape index (κ2) is 9.47. The van der Waals surface area contributed by atoms with E-state index in [1.807, 2.05) is 11.4 Å². The van der Waals surface area contributed by atoms with E-state index in [2.05, 4.69) is 23.5 Å². The summed E-state index contributed by atoms with van der Waals surface area (Å²) in [6.45, 7) is 0. The van der Waals surface area contributed by atoms with Gasteiger partial charge in [-0.2, -0.15) is 0 Å². The summed E-state index contributed by atoms with van der Waals surface area (Å²) in [5.74, 6) is -0.946. The van der Waals surface area contributed by atoms with Crippen LogP contribution in [0.1, 0.15) is 56.2 Å². The fraction of sp³-hybridized carbons (Fsp3) is 0.217. The third-order valence-corrected chi connectivity index (χ3v) is 6.03. The Bertz CT molecular complexity index is 998. The van der Waals surface area contributed by atoms with Gasteiger partial charge in [-0.25, -0.2) is 9.18 Å². The fourth-order valence-electron chi connectivity index (χ4n) is 3.65. The molecule has 2 aromatic carbocycles. The van der Waals surface area contributed by atoms with Gasteiger partial charge in [-0.15, -0.1) is 11.3 Å². The molecule has 0 fully saturated rings. The van der Waals surface area contributed by atoms with Crippen LogP contribution in [0.5, 0.6) is 0 Å². The van der Waals surface area contributed by atoms with Gasteiger partial charge in [-0.3, -0.25) is 4.79 Å². The largest absolute Gasteiger partial charge is 0.478 e. The van der Waals surface area contributed by atoms with E-state index in [1.165, 1.54) is 46.7 Å². The van der Waals surface area contributed by atoms with Crippen molar-refractivity contribution in [1.29, 1.82) is 0 Å². The first-order valence-electron chi connectivity index (χ1n) is 9.36. The molecular formula is C23H22FNO3S. The predicted molar refractivity (Wildman–Crippen MR) is 114 cm³/mol. The van der Waals surface area contributed by atoms with E-state index >= 15 is 0 Å². The smallest absolute Gasteiger partial charge is 0.339 e. The number of carboxylic acid groups (broad SMARTS) is 1. The molecule has 1 aliphatic carbocycles. The summed E-state index contributed by atoms with van der Waals surface area (Å²) in [6, 6.07) is 13.8. The summed E-state index contributed by atoms with van der Waals surface area (Å²) in [6.07, 6.45) is 3.92. The molecule has 0 amide bonds. The van der Waals surface area contributed by atoms with Gasteiger partial charge in [0.1, 0.15) is 17.1 Å². The number of carbonyl (C=O) groups excluding carboxylic acids is 1. The van der Waals surface area contributed by atoms with Crippen molar-refractivity contribution in [2.75, 3.05) is 12.4 Å². The van der Waals surface area contributed by atoms with Crippen molar-refractivity contribution >= 4 is 28.6 Å². The zero-order valence-electron chi connectivity index (χ0n) is 16.0. The molecule has 6 heteroatoms. The van der Waals surface area contributed by atoms with Gasteiger partial charge in [0.15, 0.2) is 0 Å². The third-order valence-electron chi connectivity index (χ3n) is 5.01. The summed E-state index contributed by atoms with van der Waals surface area (Å²) in [5.41, 5.74) is 4.55. The van der Waals surface area contributed by atoms with Gasteiger partial charge in [0.2, 0.25) is 0 Å². The molecule has 0 saturated carbocycles. The number of carbonyl (C=O) groups is 2. The minimum absolute atomic E-state index is 0.212. The molecule has 0 aliphatic heterocycles. The fourth-order valence-corrected chi connectivity index (χ4v) is 4.62. The highest BCUT2D eigenvalue weighted by atomic mass is 32.1. The van der Waals surface area contributed by atoms with Crippen molar-refractivity contribution in [2.24, 2.45) is 0 Å². The lowest BCUT2D eigenvalue weighted by atomic mass is 9.78. The average molecular weight is 411 g/mol. The van der Waals surface area contributed by atoms with Gasteiger partial charge >= 0.3 is 5.97 Å². The Morgan fingerprint density at radius 1 is 1.17 bits per heavy atom. The van der Waals surface area contributed by atoms with Crippen molar-refractivity contribution in [3.63, 3.8) is 0 Å². The van der Waals surface area contributed by atoms with Gasteiger partial charge in [0.05, 0.1) is 5.56 Å². The monoisotopic (exact) mass is 411 g/mol. The first kappa shape index (κ1) is 20.7. The van der Waals surface area contributed by atoms with E-state index in [1.54, 1.807) is 7.05 Å². The molecule has 0 saturated heterocycles. The number of nitrogens with one attached hydrogen (secondary N) is 1. The Balaban J connectivity index is 0.000000224. The van der Waals surface area contributed by atoms with Gasteiger partial charge in [0.25, 0.3) is 0 Å². The van der Waals surface area contributed by atoms with E-state index in [0.717, 1.165) is 29.8 Å². The SMILES string of the molecule is CNc1scc(C2CCCc3ccccc32)c1C(=O)O.O=Cc1ccc(F)cc1. The standard InChI is InChI=1S/C16H17NO2S.C7H5FO/c1-17-15-14(16(18)19)13(9-20-15)12-8-4-6-10-5-2-3-7-11(10)12;8-7-3-1-6(5-9)2-4-7/h2-3,5,7,9,12,17H,4,6,8H2,1H3,(H,18,19);1-5H. The first-order chi connectivity index (χ1) is 14.0. The molecule has 2 N–H and O–H groups in total. The summed E-state index contributed by atoms with van der Waals surface area (Å²) < 4.78 is 12.1. The van der Waals surface area contributed by atoms with E-state index in [4.69, 9.17) is 0 Å². The number of hydrogen-bond donors (Lipinski definition) is 2. The van der Waals surface area contributed by atoms with Crippen LogP contribution in [0.2, 0.25) is 0 Å². The molecule has 0 spiro atoms. The molecule has 29 heavy (non-hydrogen) atoms. The highest BCUT2D eigenvalue weighted by Gasteiger charge is 2.28. The molecule has 1 aliphatic rings. The highest BCUT2D eigenvalue weighted by Crippen LogP contribution is 2.42. The normalized spacial score (nSPS) is 14.9. The second-order valence-electron chi connectivity index (χ2n) is 6.76. The van der Waals surface area contributed by atoms with Crippen LogP contribution in [0, 0.1) is 5.82 Å². The number of aldehydes is 1. The average Bonchev–Trinajstić information content (AvgIpc) is 3.19. The number of rotatable bonds is 4. The molecule has 3 aromatic rings. The minimum Gasteiger partial charge on any atom is -0.478 e. The summed E-state index contributed by atoms with van der Waals surface area (Å²) in [7, 11) is 1.77. The Hall–Kier alpha value is -2.99. The van der Waals surface area contributed by atoms with Gasteiger partial charge in [0, 0.05) is 18.5 Å². The van der Waals surface area contributed by atoms with Crippen LogP contribution in [0.4, 0.5) is 9.39 Å². The number of aryl methyl sites for hydroxylation is 1. The molecule has 0 bridgehead atoms. The number of anilines is 1. The third kappa shape index (κ3) is 4.71. The van der Waals surface area contributed by atoms with Crippen LogP contribution in [0.25, 0.3) is 0 Å². The maximum Gasteiger partial charge on any atom is 0.339 e. The minimum atomic E-state index is -0.839. The number of aromatic carboxylic acids is 1. The number of hydrogen-bond acceptors (Lipinski definition) is 4. The van der Waals surface area contributed by atoms with E-state index in [-0.39, 0.29) is 11.7 Å². The second-order valence-corrected chi connectivity index (χ2v) is 7.64. The summed E-state index contributed by atoms with van der Waals surface area (Å²) >= 11 is 1.48. The number of halogens is 1. The molecule has 0 radical (unpaired) electrons. The van der Waals surface area contributed by atoms with Crippen LogP contribution in [-0.4, -0.2) is 24.4 Å². The molecular weight excluding hydrogens is 389 g/mol. The van der Waals surface area contributed by atoms with Crippen molar-refractivity contribution in [3.05, 3.63) is 87.5 Å². The molecule has 1 aromatic heterocycles. The van der Waals surface area contributed by atoms with Gasteiger partial charge < -0.3 is 10.4 Å². The maximum absolute atomic E-state index is 12.1. The van der Waals surface area contributed by atoms with Crippen molar-refractivity contribution in [1.82, 2.24) is 0 Å². The van der Waals surface area contributed by atoms with Gasteiger partial charge in [-0.05, 0) is 65.6 Å². The zero-order chi connectivity index (χ0) is 20.8. The summed E-state index contributed by atoms with van der Waals surface area (Å²) in [5, 5.41) is 15.3. The van der Waals surface area contributed by atoms with E-state index in [9.17, 15) is 19.1 Å². The molecule has 1 atom stereocenters. The van der Waals surface area contributed by atoms with Crippen molar-refractivity contribution in [3.8, 4) is 0 Å². The van der Waals surface area contributed by atoms with Crippen LogP contribution in [0.3, 0.4) is 0 Å². The van der Waals surface area contributed by atoms with Crippen LogP contribution >= 0.6 is 11.3 Å². The Labute approximate surface area is 173 Å². The van der Waals surface area contributed by atoms with Crippen LogP contribution < -0.4 is 5.32 Å². The number of fused-ring (bicyclic) bond motifs is 1. The Morgan fingerprint density at radius 3 is 2.55 bits per heavy atom. The van der Waals surface area contributed by atoms with Crippen molar-refractivity contribution < 1.29 is 19.1 Å². The topological polar surface area (TPSA) is 66.4 Å². The number of thiophene rings is 1. The quantitative estimate of drug-likeness (QED) is 0.549. The molecule has 150 valence electrons. The number of benzene rings is 2. The summed E-state index contributed by atoms with van der Waals surface area (Å²) in [4.78, 5) is 21.6. The molecule has 1 heterocycles. The predicted octanol–water partition coefficient (Wildman–Crippen LogP) is 5.59. The van der Waals surface area contributed by atoms with E-state index < -0.39 is 5.97 Å². The first-order valence-corrected chi connectivity index (χ1v) is 10.2. The lowest BCUT2D eigenvalue weighted by Gasteiger charge is -2.25. The van der Waals surface area contributed by atoms with Crippen LogP contribution in [0.15, 0.2) is 53.9 Å². The highest BCUT2D eigenvalue weighted by molar-refractivity contribution is 7.14. The maximum atomic E-state index is 12.1. The molecule has 4 rings (SSSR count). The Kier molecular flexibility index (Phi) is 6.77. The zero-order valence-corrected chi connectivity index (χ0v) is 16.8. The van der Waals surface area contributed by atoms with Crippen molar-refractivity contribution in [2.45, 2.75) is 25.2 Å². The molecule has 4 nitrogen and oxygen atoms in total. The lowest BCUT2D eigenvalue weighted by Crippen LogP contribution is -2.13. The molecule has 1 unspecified atom stereocenters. The van der Waals surface area contributed by atoms with Gasteiger partial charge in [-0.1, -0.05) is 24.3 Å². The number of carboxylic acids is 1. The lowest BCUT2D eigenvalue weighted by molar-refractivity contribution is 0.0696. The Morgan fingerprint density at radius 2 is 1.90 bits per heavy atom. The van der Waals surface area contributed by atoms with E-state index in [0.29, 0.717) is 17.4 Å². The van der Waals surface area contributed by atoms with Crippen LogP contribution in [-0.2, 0) is 6.42 Å².